The van der Waals surface area contributed by atoms with Gasteiger partial charge in [-0.15, -0.1) is 0 Å². The zero-order valence-electron chi connectivity index (χ0n) is 14.7. The highest BCUT2D eigenvalue weighted by Gasteiger charge is 2.37. The highest BCUT2D eigenvalue weighted by atomic mass is 16.5. The number of nitrogens with zero attached hydrogens (tertiary/aromatic N) is 1. The molecule has 0 fully saturated rings. The summed E-state index contributed by atoms with van der Waals surface area (Å²) in [5.74, 6) is 0.0528. The Hall–Kier alpha value is -2.94. The Kier molecular flexibility index (Phi) is 6.07. The first-order valence-electron chi connectivity index (χ1n) is 8.18. The fraction of sp³-hybridized carbons (Fsp3) is 0.368. The minimum absolute atomic E-state index is 0.0276. The van der Waals surface area contributed by atoms with Crippen LogP contribution < -0.4 is 10.5 Å². The summed E-state index contributed by atoms with van der Waals surface area (Å²) < 4.78 is 16.0. The van der Waals surface area contributed by atoms with E-state index in [0.717, 1.165) is 12.0 Å². The number of hydrogen-bond donors (Lipinski definition) is 1. The molecule has 0 radical (unpaired) electrons. The minimum atomic E-state index is -0.620. The van der Waals surface area contributed by atoms with Crippen LogP contribution >= 0.6 is 0 Å². The Bertz CT molecular complexity index is 742. The van der Waals surface area contributed by atoms with Crippen molar-refractivity contribution in [1.82, 2.24) is 0 Å². The van der Waals surface area contributed by atoms with Gasteiger partial charge in [-0.3, -0.25) is 0 Å². The fourth-order valence-corrected chi connectivity index (χ4v) is 2.79. The van der Waals surface area contributed by atoms with Gasteiger partial charge in [-0.05, 0) is 31.0 Å². The molecule has 0 aromatic heterocycles. The molecule has 2 rings (SSSR count). The summed E-state index contributed by atoms with van der Waals surface area (Å²) in [5, 5.41) is 9.57. The van der Waals surface area contributed by atoms with E-state index in [0.29, 0.717) is 23.5 Å². The number of ether oxygens (including phenoxy) is 3. The molecule has 1 aromatic rings. The topological polar surface area (TPSA) is 94.6 Å². The molecule has 0 unspecified atom stereocenters. The third-order valence-corrected chi connectivity index (χ3v) is 3.92. The first-order chi connectivity index (χ1) is 12.1. The first kappa shape index (κ1) is 18.4. The molecule has 1 aliphatic rings. The Balaban J connectivity index is 2.61. The summed E-state index contributed by atoms with van der Waals surface area (Å²) in [6, 6.07) is 9.24. The normalized spacial score (nSPS) is 17.0. The summed E-state index contributed by atoms with van der Waals surface area (Å²) in [6.07, 6.45) is 1.29. The molecule has 1 aromatic carbocycles. The van der Waals surface area contributed by atoms with E-state index in [9.17, 15) is 10.1 Å². The van der Waals surface area contributed by atoms with Crippen LogP contribution in [0.5, 0.6) is 5.75 Å². The molecule has 6 nitrogen and oxygen atoms in total. The van der Waals surface area contributed by atoms with Gasteiger partial charge in [0.1, 0.15) is 23.2 Å². The number of rotatable bonds is 6. The number of carbonyl (C=O) groups is 1. The molecule has 1 heterocycles. The van der Waals surface area contributed by atoms with Crippen LogP contribution in [0.15, 0.2) is 47.1 Å². The molecular weight excluding hydrogens is 320 g/mol. The molecule has 0 saturated heterocycles. The molecule has 1 atom stereocenters. The van der Waals surface area contributed by atoms with E-state index in [1.54, 1.807) is 26.2 Å². The van der Waals surface area contributed by atoms with E-state index in [-0.39, 0.29) is 18.1 Å². The average molecular weight is 342 g/mol. The number of hydrogen-bond acceptors (Lipinski definition) is 6. The maximum atomic E-state index is 12.6. The van der Waals surface area contributed by atoms with Gasteiger partial charge in [0, 0.05) is 6.42 Å². The number of allylic oxidation sites excluding steroid dienone is 2. The van der Waals surface area contributed by atoms with Gasteiger partial charge in [0.05, 0.1) is 25.2 Å². The summed E-state index contributed by atoms with van der Waals surface area (Å²) in [4.78, 5) is 12.6. The Labute approximate surface area is 147 Å². The summed E-state index contributed by atoms with van der Waals surface area (Å²) in [6.45, 7) is 3.94. The lowest BCUT2D eigenvalue weighted by Crippen LogP contribution is -2.26. The van der Waals surface area contributed by atoms with E-state index in [2.05, 4.69) is 6.07 Å². The molecule has 132 valence electrons. The highest BCUT2D eigenvalue weighted by molar-refractivity contribution is 5.92. The van der Waals surface area contributed by atoms with Crippen LogP contribution in [0.1, 0.15) is 38.2 Å². The third-order valence-electron chi connectivity index (χ3n) is 3.92. The first-order valence-corrected chi connectivity index (χ1v) is 8.18. The lowest BCUT2D eigenvalue weighted by Gasteiger charge is -2.28. The van der Waals surface area contributed by atoms with Crippen molar-refractivity contribution in [2.45, 2.75) is 32.6 Å². The molecule has 0 amide bonds. The van der Waals surface area contributed by atoms with Crippen molar-refractivity contribution in [1.29, 1.82) is 5.26 Å². The number of carbonyl (C=O) groups excluding carboxylic acids is 1. The van der Waals surface area contributed by atoms with Gasteiger partial charge < -0.3 is 19.9 Å². The number of esters is 1. The van der Waals surface area contributed by atoms with Crippen molar-refractivity contribution in [3.05, 3.63) is 52.6 Å². The standard InChI is InChI=1S/C19H22N2O4/c1-4-6-15-17(19(22)24-5-2)16(14(11-20)18(21)25-15)12-7-9-13(23-3)10-8-12/h7-10,16H,4-6,21H2,1-3H3/t16-/m1/s1. The maximum absolute atomic E-state index is 12.6. The summed E-state index contributed by atoms with van der Waals surface area (Å²) in [5.41, 5.74) is 7.24. The second-order valence-corrected chi connectivity index (χ2v) is 5.51. The van der Waals surface area contributed by atoms with Gasteiger partial charge in [0.25, 0.3) is 0 Å². The molecule has 0 aliphatic carbocycles. The van der Waals surface area contributed by atoms with Gasteiger partial charge in [0.2, 0.25) is 5.88 Å². The van der Waals surface area contributed by atoms with Crippen LogP contribution in [0, 0.1) is 11.3 Å². The second kappa shape index (κ2) is 8.25. The molecule has 2 N–H and O–H groups in total. The molecule has 1 aliphatic heterocycles. The van der Waals surface area contributed by atoms with Gasteiger partial charge in [-0.25, -0.2) is 4.79 Å². The van der Waals surface area contributed by atoms with E-state index in [1.807, 2.05) is 19.1 Å². The van der Waals surface area contributed by atoms with Crippen LogP contribution in [0.4, 0.5) is 0 Å². The second-order valence-electron chi connectivity index (χ2n) is 5.51. The molecule has 6 heteroatoms. The molecule has 0 saturated carbocycles. The van der Waals surface area contributed by atoms with Crippen LogP contribution in [-0.2, 0) is 14.3 Å². The summed E-state index contributed by atoms with van der Waals surface area (Å²) >= 11 is 0. The van der Waals surface area contributed by atoms with Crippen molar-refractivity contribution in [2.24, 2.45) is 5.73 Å². The van der Waals surface area contributed by atoms with Crippen LogP contribution in [0.25, 0.3) is 0 Å². The van der Waals surface area contributed by atoms with Gasteiger partial charge in [-0.2, -0.15) is 5.26 Å². The lowest BCUT2D eigenvalue weighted by molar-refractivity contribution is -0.139. The number of methoxy groups -OCH3 is 1. The monoisotopic (exact) mass is 342 g/mol. The maximum Gasteiger partial charge on any atom is 0.338 e. The van der Waals surface area contributed by atoms with E-state index in [1.165, 1.54) is 0 Å². The zero-order chi connectivity index (χ0) is 18.4. The SMILES string of the molecule is CCCC1=C(C(=O)OCC)[C@H](c2ccc(OC)cc2)C(C#N)=C(N)O1. The van der Waals surface area contributed by atoms with E-state index in [4.69, 9.17) is 19.9 Å². The lowest BCUT2D eigenvalue weighted by atomic mass is 9.82. The largest absolute Gasteiger partial charge is 0.497 e. The summed E-state index contributed by atoms with van der Waals surface area (Å²) in [7, 11) is 1.57. The number of nitriles is 1. The molecular formula is C19H22N2O4. The predicted octanol–water partition coefficient (Wildman–Crippen LogP) is 3.12. The van der Waals surface area contributed by atoms with Crippen LogP contribution in [-0.4, -0.2) is 19.7 Å². The third kappa shape index (κ3) is 3.77. The molecule has 0 spiro atoms. The number of benzene rings is 1. The van der Waals surface area contributed by atoms with Crippen molar-refractivity contribution in [2.75, 3.05) is 13.7 Å². The highest BCUT2D eigenvalue weighted by Crippen LogP contribution is 2.41. The van der Waals surface area contributed by atoms with Gasteiger partial charge >= 0.3 is 5.97 Å². The smallest absolute Gasteiger partial charge is 0.338 e. The Morgan fingerprint density at radius 2 is 2.00 bits per heavy atom. The zero-order valence-corrected chi connectivity index (χ0v) is 14.7. The average Bonchev–Trinajstić information content (AvgIpc) is 2.61. The van der Waals surface area contributed by atoms with Crippen molar-refractivity contribution in [3.63, 3.8) is 0 Å². The van der Waals surface area contributed by atoms with E-state index >= 15 is 0 Å². The Morgan fingerprint density at radius 3 is 2.52 bits per heavy atom. The van der Waals surface area contributed by atoms with Crippen molar-refractivity contribution in [3.8, 4) is 11.8 Å². The predicted molar refractivity (Wildman–Crippen MR) is 92.2 cm³/mol. The van der Waals surface area contributed by atoms with Gasteiger partial charge in [0.15, 0.2) is 0 Å². The number of nitrogens with two attached hydrogens (primary N) is 1. The van der Waals surface area contributed by atoms with E-state index < -0.39 is 11.9 Å². The van der Waals surface area contributed by atoms with Crippen LogP contribution in [0.2, 0.25) is 0 Å². The van der Waals surface area contributed by atoms with Gasteiger partial charge in [-0.1, -0.05) is 19.1 Å². The molecule has 0 bridgehead atoms. The van der Waals surface area contributed by atoms with Crippen LogP contribution in [0.3, 0.4) is 0 Å². The Morgan fingerprint density at radius 1 is 1.32 bits per heavy atom. The minimum Gasteiger partial charge on any atom is -0.497 e. The van der Waals surface area contributed by atoms with Crippen molar-refractivity contribution >= 4 is 5.97 Å². The fourth-order valence-electron chi connectivity index (χ4n) is 2.79. The quantitative estimate of drug-likeness (QED) is 0.798. The van der Waals surface area contributed by atoms with Crippen molar-refractivity contribution < 1.29 is 19.0 Å². The molecule has 25 heavy (non-hydrogen) atoms.